The summed E-state index contributed by atoms with van der Waals surface area (Å²) in [6.45, 7) is 1.10. The molecule has 3 rings (SSSR count). The lowest BCUT2D eigenvalue weighted by Gasteiger charge is -2.30. The van der Waals surface area contributed by atoms with Gasteiger partial charge in [0.1, 0.15) is 5.54 Å². The van der Waals surface area contributed by atoms with Gasteiger partial charge in [-0.3, -0.25) is 9.69 Å². The van der Waals surface area contributed by atoms with Crippen LogP contribution in [0.1, 0.15) is 44.9 Å². The van der Waals surface area contributed by atoms with Crippen molar-refractivity contribution in [3.8, 4) is 0 Å². The SMILES string of the molecule is O=C1NC2(CCOCC2)C(=O)N1CC(O)CC1CCCC1. The molecular formula is C15H24N2O4. The molecule has 2 saturated heterocycles. The van der Waals surface area contributed by atoms with Crippen molar-refractivity contribution in [1.82, 2.24) is 10.2 Å². The van der Waals surface area contributed by atoms with Crippen molar-refractivity contribution in [2.45, 2.75) is 56.6 Å². The van der Waals surface area contributed by atoms with E-state index in [1.807, 2.05) is 0 Å². The normalized spacial score (nSPS) is 27.4. The van der Waals surface area contributed by atoms with Gasteiger partial charge in [0.2, 0.25) is 0 Å². The third-order valence-electron chi connectivity index (χ3n) is 5.07. The Labute approximate surface area is 124 Å². The number of rotatable bonds is 4. The van der Waals surface area contributed by atoms with Crippen molar-refractivity contribution in [2.75, 3.05) is 19.8 Å². The highest BCUT2D eigenvalue weighted by Crippen LogP contribution is 2.31. The van der Waals surface area contributed by atoms with Gasteiger partial charge in [-0.2, -0.15) is 0 Å². The molecule has 3 fully saturated rings. The summed E-state index contributed by atoms with van der Waals surface area (Å²) in [4.78, 5) is 25.8. The van der Waals surface area contributed by atoms with E-state index >= 15 is 0 Å². The van der Waals surface area contributed by atoms with Crippen LogP contribution in [-0.4, -0.2) is 53.3 Å². The fraction of sp³-hybridized carbons (Fsp3) is 0.867. The Bertz CT molecular complexity index is 414. The van der Waals surface area contributed by atoms with Crippen molar-refractivity contribution < 1.29 is 19.4 Å². The summed E-state index contributed by atoms with van der Waals surface area (Å²) in [5.41, 5.74) is -0.789. The van der Waals surface area contributed by atoms with Crippen molar-refractivity contribution in [3.63, 3.8) is 0 Å². The maximum Gasteiger partial charge on any atom is 0.325 e. The van der Waals surface area contributed by atoms with E-state index in [1.165, 1.54) is 17.7 Å². The average molecular weight is 296 g/mol. The third-order valence-corrected chi connectivity index (χ3v) is 5.07. The zero-order chi connectivity index (χ0) is 14.9. The van der Waals surface area contributed by atoms with E-state index in [9.17, 15) is 14.7 Å². The number of carbonyl (C=O) groups excluding carboxylic acids is 2. The Hall–Kier alpha value is -1.14. The van der Waals surface area contributed by atoms with Gasteiger partial charge < -0.3 is 15.2 Å². The lowest BCUT2D eigenvalue weighted by Crippen LogP contribution is -2.51. The molecule has 1 unspecified atom stereocenters. The van der Waals surface area contributed by atoms with Crippen LogP contribution in [-0.2, 0) is 9.53 Å². The number of amides is 3. The number of hydrogen-bond donors (Lipinski definition) is 2. The molecule has 2 aliphatic heterocycles. The molecule has 6 nitrogen and oxygen atoms in total. The van der Waals surface area contributed by atoms with Gasteiger partial charge in [-0.1, -0.05) is 25.7 Å². The second-order valence-electron chi connectivity index (χ2n) is 6.58. The minimum absolute atomic E-state index is 0.115. The van der Waals surface area contributed by atoms with Crippen molar-refractivity contribution in [2.24, 2.45) is 5.92 Å². The molecule has 1 saturated carbocycles. The van der Waals surface area contributed by atoms with Crippen LogP contribution >= 0.6 is 0 Å². The molecule has 6 heteroatoms. The minimum Gasteiger partial charge on any atom is -0.391 e. The fourth-order valence-corrected chi connectivity index (χ4v) is 3.82. The first-order valence-corrected chi connectivity index (χ1v) is 8.01. The largest absolute Gasteiger partial charge is 0.391 e. The van der Waals surface area contributed by atoms with Crippen LogP contribution in [0, 0.1) is 5.92 Å². The molecular weight excluding hydrogens is 272 g/mol. The van der Waals surface area contributed by atoms with Crippen LogP contribution in [0.5, 0.6) is 0 Å². The number of hydrogen-bond acceptors (Lipinski definition) is 4. The van der Waals surface area contributed by atoms with E-state index < -0.39 is 11.6 Å². The number of aliphatic hydroxyl groups is 1. The van der Waals surface area contributed by atoms with Crippen molar-refractivity contribution in [3.05, 3.63) is 0 Å². The number of aliphatic hydroxyl groups excluding tert-OH is 1. The molecule has 1 atom stereocenters. The zero-order valence-corrected chi connectivity index (χ0v) is 12.3. The monoisotopic (exact) mass is 296 g/mol. The van der Waals surface area contributed by atoms with Crippen LogP contribution in [0.4, 0.5) is 4.79 Å². The number of urea groups is 1. The second-order valence-corrected chi connectivity index (χ2v) is 6.58. The Morgan fingerprint density at radius 3 is 2.62 bits per heavy atom. The number of carbonyl (C=O) groups is 2. The van der Waals surface area contributed by atoms with E-state index in [0.29, 0.717) is 38.4 Å². The summed E-state index contributed by atoms with van der Waals surface area (Å²) < 4.78 is 5.27. The standard InChI is InChI=1S/C15H24N2O4/c18-12(9-11-3-1-2-4-11)10-17-13(19)15(16-14(17)20)5-7-21-8-6-15/h11-12,18H,1-10H2,(H,16,20). The number of imide groups is 1. The highest BCUT2D eigenvalue weighted by Gasteiger charge is 2.51. The highest BCUT2D eigenvalue weighted by molar-refractivity contribution is 6.07. The van der Waals surface area contributed by atoms with Gasteiger partial charge in [-0.15, -0.1) is 0 Å². The predicted octanol–water partition coefficient (Wildman–Crippen LogP) is 1.03. The summed E-state index contributed by atoms with van der Waals surface area (Å²) in [7, 11) is 0. The maximum atomic E-state index is 12.5. The lowest BCUT2D eigenvalue weighted by atomic mass is 9.90. The topological polar surface area (TPSA) is 78.9 Å². The predicted molar refractivity (Wildman–Crippen MR) is 75.6 cm³/mol. The summed E-state index contributed by atoms with van der Waals surface area (Å²) in [5.74, 6) is 0.346. The Balaban J connectivity index is 1.59. The number of nitrogens with one attached hydrogen (secondary N) is 1. The fourth-order valence-electron chi connectivity index (χ4n) is 3.82. The van der Waals surface area contributed by atoms with Gasteiger partial charge in [-0.05, 0) is 12.3 Å². The molecule has 21 heavy (non-hydrogen) atoms. The molecule has 0 radical (unpaired) electrons. The van der Waals surface area contributed by atoms with Crippen LogP contribution in [0.3, 0.4) is 0 Å². The van der Waals surface area contributed by atoms with Gasteiger partial charge in [0.05, 0.1) is 12.6 Å². The van der Waals surface area contributed by atoms with Crippen molar-refractivity contribution >= 4 is 11.9 Å². The number of ether oxygens (including phenoxy) is 1. The molecule has 1 aliphatic carbocycles. The first-order valence-electron chi connectivity index (χ1n) is 8.01. The van der Waals surface area contributed by atoms with E-state index in [0.717, 1.165) is 12.8 Å². The number of nitrogens with zero attached hydrogens (tertiary/aromatic N) is 1. The molecule has 0 bridgehead atoms. The third kappa shape index (κ3) is 2.92. The Kier molecular flexibility index (Phi) is 4.17. The summed E-state index contributed by atoms with van der Waals surface area (Å²) in [6, 6.07) is -0.368. The van der Waals surface area contributed by atoms with E-state index in [1.54, 1.807) is 0 Å². The first kappa shape index (κ1) is 14.8. The van der Waals surface area contributed by atoms with Gasteiger partial charge in [-0.25, -0.2) is 4.79 Å². The van der Waals surface area contributed by atoms with Crippen LogP contribution in [0.25, 0.3) is 0 Å². The second kappa shape index (κ2) is 5.93. The smallest absolute Gasteiger partial charge is 0.325 e. The highest BCUT2D eigenvalue weighted by atomic mass is 16.5. The Morgan fingerprint density at radius 1 is 1.29 bits per heavy atom. The van der Waals surface area contributed by atoms with Crippen molar-refractivity contribution in [1.29, 1.82) is 0 Å². The molecule has 3 aliphatic rings. The van der Waals surface area contributed by atoms with Crippen LogP contribution in [0.15, 0.2) is 0 Å². The first-order chi connectivity index (χ1) is 10.1. The molecule has 0 aromatic rings. The Morgan fingerprint density at radius 2 is 1.95 bits per heavy atom. The zero-order valence-electron chi connectivity index (χ0n) is 12.3. The summed E-state index contributed by atoms with van der Waals surface area (Å²) >= 11 is 0. The molecule has 118 valence electrons. The maximum absolute atomic E-state index is 12.5. The van der Waals surface area contributed by atoms with Gasteiger partial charge in [0, 0.05) is 26.1 Å². The molecule has 0 aromatic heterocycles. The summed E-state index contributed by atoms with van der Waals surface area (Å²) in [6.07, 6.45) is 5.87. The minimum atomic E-state index is -0.789. The molecule has 2 heterocycles. The average Bonchev–Trinajstić information content (AvgIpc) is 3.04. The van der Waals surface area contributed by atoms with Gasteiger partial charge >= 0.3 is 6.03 Å². The van der Waals surface area contributed by atoms with Crippen LogP contribution < -0.4 is 5.32 Å². The summed E-state index contributed by atoms with van der Waals surface area (Å²) in [5, 5.41) is 13.0. The quantitative estimate of drug-likeness (QED) is 0.759. The molecule has 3 amide bonds. The lowest BCUT2D eigenvalue weighted by molar-refractivity contribution is -0.135. The van der Waals surface area contributed by atoms with E-state index in [2.05, 4.69) is 5.32 Å². The number of β-amino-alcohol motifs (C(OH)–C–C–N with tert-alkyl or cyclic N) is 1. The molecule has 1 spiro atoms. The van der Waals surface area contributed by atoms with E-state index in [-0.39, 0.29) is 18.5 Å². The van der Waals surface area contributed by atoms with Gasteiger partial charge in [0.25, 0.3) is 5.91 Å². The van der Waals surface area contributed by atoms with E-state index in [4.69, 9.17) is 4.74 Å². The van der Waals surface area contributed by atoms with Gasteiger partial charge in [0.15, 0.2) is 0 Å². The molecule has 2 N–H and O–H groups in total. The van der Waals surface area contributed by atoms with Crippen LogP contribution in [0.2, 0.25) is 0 Å². The molecule has 0 aromatic carbocycles.